The van der Waals surface area contributed by atoms with Gasteiger partial charge in [0.25, 0.3) is 5.91 Å². The Hall–Kier alpha value is -3.55. The third-order valence-corrected chi connectivity index (χ3v) is 6.47. The zero-order valence-electron chi connectivity index (χ0n) is 19.0. The fourth-order valence-corrected chi connectivity index (χ4v) is 4.40. The molecular formula is C26H26F2N4O2. The maximum Gasteiger partial charge on any atom is 0.254 e. The molecule has 1 aromatic heterocycles. The highest BCUT2D eigenvalue weighted by atomic mass is 19.1. The van der Waals surface area contributed by atoms with Crippen molar-refractivity contribution in [3.05, 3.63) is 77.0 Å². The quantitative estimate of drug-likeness (QED) is 0.545. The predicted octanol–water partition coefficient (Wildman–Crippen LogP) is 4.98. The molecule has 0 radical (unpaired) electrons. The lowest BCUT2D eigenvalue weighted by Gasteiger charge is -2.33. The molecule has 0 saturated carbocycles. The van der Waals surface area contributed by atoms with E-state index in [0.717, 1.165) is 31.6 Å². The van der Waals surface area contributed by atoms with Crippen molar-refractivity contribution in [1.29, 1.82) is 0 Å². The van der Waals surface area contributed by atoms with Crippen molar-refractivity contribution in [1.82, 2.24) is 14.9 Å². The number of amides is 1. The number of hydrogen-bond acceptors (Lipinski definition) is 5. The van der Waals surface area contributed by atoms with Crippen LogP contribution in [-0.4, -0.2) is 40.4 Å². The Labute approximate surface area is 197 Å². The second-order valence-electron chi connectivity index (χ2n) is 8.97. The van der Waals surface area contributed by atoms with E-state index in [-0.39, 0.29) is 18.3 Å². The molecule has 0 N–H and O–H groups in total. The van der Waals surface area contributed by atoms with Gasteiger partial charge in [0.15, 0.2) is 0 Å². The standard InChI is InChI=1S/C26H26F2N4O2/c1-17-9-12-31(13-10-17)26-29-23-11-14-32(25(33)18-5-7-19(27)8-6-18)16-22(23)24(30-26)34-21-4-2-3-20(28)15-21/h2-8,15,17H,9-14,16H2,1H3. The molecule has 3 aromatic rings. The van der Waals surface area contributed by atoms with E-state index in [1.807, 2.05) is 0 Å². The summed E-state index contributed by atoms with van der Waals surface area (Å²) in [6, 6.07) is 11.4. The SMILES string of the molecule is CC1CCN(c2nc3c(c(Oc4cccc(F)c4)n2)CN(C(=O)c2ccc(F)cc2)CC3)CC1. The van der Waals surface area contributed by atoms with Gasteiger partial charge in [0.05, 0.1) is 17.8 Å². The summed E-state index contributed by atoms with van der Waals surface area (Å²) in [5, 5.41) is 0. The van der Waals surface area contributed by atoms with E-state index in [1.165, 1.54) is 36.4 Å². The van der Waals surface area contributed by atoms with Crippen molar-refractivity contribution in [3.63, 3.8) is 0 Å². The van der Waals surface area contributed by atoms with E-state index in [0.29, 0.717) is 47.6 Å². The summed E-state index contributed by atoms with van der Waals surface area (Å²) < 4.78 is 33.2. The monoisotopic (exact) mass is 464 g/mol. The number of benzene rings is 2. The lowest BCUT2D eigenvalue weighted by Crippen LogP contribution is -2.38. The molecule has 0 aliphatic carbocycles. The Morgan fingerprint density at radius 1 is 1.00 bits per heavy atom. The van der Waals surface area contributed by atoms with Crippen LogP contribution in [0, 0.1) is 17.6 Å². The Kier molecular flexibility index (Phi) is 6.13. The maximum atomic E-state index is 13.8. The molecule has 8 heteroatoms. The van der Waals surface area contributed by atoms with Crippen LogP contribution in [0.15, 0.2) is 48.5 Å². The topological polar surface area (TPSA) is 58.6 Å². The Morgan fingerprint density at radius 2 is 1.76 bits per heavy atom. The normalized spacial score (nSPS) is 16.3. The highest BCUT2D eigenvalue weighted by molar-refractivity contribution is 5.94. The second kappa shape index (κ2) is 9.37. The molecule has 0 spiro atoms. The number of anilines is 1. The summed E-state index contributed by atoms with van der Waals surface area (Å²) in [6.45, 7) is 4.73. The molecule has 1 amide bonds. The minimum Gasteiger partial charge on any atom is -0.438 e. The Bertz CT molecular complexity index is 1190. The van der Waals surface area contributed by atoms with Gasteiger partial charge in [0.1, 0.15) is 17.4 Å². The molecule has 0 unspecified atom stereocenters. The number of fused-ring (bicyclic) bond motifs is 1. The van der Waals surface area contributed by atoms with Crippen molar-refractivity contribution in [3.8, 4) is 11.6 Å². The van der Waals surface area contributed by atoms with Crippen molar-refractivity contribution in [2.24, 2.45) is 5.92 Å². The number of nitrogens with zero attached hydrogens (tertiary/aromatic N) is 4. The number of aromatic nitrogens is 2. The Morgan fingerprint density at radius 3 is 2.50 bits per heavy atom. The number of ether oxygens (including phenoxy) is 1. The van der Waals surface area contributed by atoms with Gasteiger partial charge in [-0.2, -0.15) is 4.98 Å². The lowest BCUT2D eigenvalue weighted by molar-refractivity contribution is 0.0732. The van der Waals surface area contributed by atoms with E-state index in [9.17, 15) is 13.6 Å². The van der Waals surface area contributed by atoms with Crippen LogP contribution in [0.3, 0.4) is 0 Å². The molecule has 5 rings (SSSR count). The second-order valence-corrected chi connectivity index (χ2v) is 8.97. The molecule has 1 fully saturated rings. The van der Waals surface area contributed by atoms with Crippen LogP contribution in [0.5, 0.6) is 11.6 Å². The number of piperidine rings is 1. The highest BCUT2D eigenvalue weighted by Gasteiger charge is 2.29. The largest absolute Gasteiger partial charge is 0.438 e. The summed E-state index contributed by atoms with van der Waals surface area (Å²) in [5.74, 6) is 0.954. The first-order chi connectivity index (χ1) is 16.5. The zero-order valence-corrected chi connectivity index (χ0v) is 19.0. The molecule has 0 atom stereocenters. The first-order valence-electron chi connectivity index (χ1n) is 11.6. The van der Waals surface area contributed by atoms with Crippen LogP contribution in [0.2, 0.25) is 0 Å². The van der Waals surface area contributed by atoms with E-state index in [1.54, 1.807) is 17.0 Å². The molecule has 2 aromatic carbocycles. The average molecular weight is 465 g/mol. The van der Waals surface area contributed by atoms with Gasteiger partial charge in [-0.05, 0) is 55.2 Å². The summed E-state index contributed by atoms with van der Waals surface area (Å²) in [4.78, 5) is 26.4. The molecule has 1 saturated heterocycles. The van der Waals surface area contributed by atoms with Gasteiger partial charge in [-0.1, -0.05) is 13.0 Å². The van der Waals surface area contributed by atoms with Crippen LogP contribution in [0.1, 0.15) is 41.4 Å². The minimum absolute atomic E-state index is 0.198. The van der Waals surface area contributed by atoms with Gasteiger partial charge >= 0.3 is 0 Å². The molecule has 2 aliphatic rings. The third kappa shape index (κ3) is 4.71. The van der Waals surface area contributed by atoms with Crippen LogP contribution in [-0.2, 0) is 13.0 Å². The number of halogens is 2. The first-order valence-corrected chi connectivity index (χ1v) is 11.6. The molecule has 34 heavy (non-hydrogen) atoms. The van der Waals surface area contributed by atoms with Crippen molar-refractivity contribution in [2.45, 2.75) is 32.7 Å². The van der Waals surface area contributed by atoms with Gasteiger partial charge in [0, 0.05) is 37.7 Å². The van der Waals surface area contributed by atoms with E-state index < -0.39 is 5.82 Å². The Balaban J connectivity index is 1.47. The summed E-state index contributed by atoms with van der Waals surface area (Å²) in [6.07, 6.45) is 2.68. The van der Waals surface area contributed by atoms with Gasteiger partial charge in [0.2, 0.25) is 11.8 Å². The van der Waals surface area contributed by atoms with Gasteiger partial charge in [-0.3, -0.25) is 4.79 Å². The summed E-state index contributed by atoms with van der Waals surface area (Å²) in [5.41, 5.74) is 1.95. The maximum absolute atomic E-state index is 13.8. The summed E-state index contributed by atoms with van der Waals surface area (Å²) in [7, 11) is 0. The average Bonchev–Trinajstić information content (AvgIpc) is 2.84. The van der Waals surface area contributed by atoms with Crippen LogP contribution in [0.25, 0.3) is 0 Å². The van der Waals surface area contributed by atoms with Gasteiger partial charge < -0.3 is 14.5 Å². The fourth-order valence-electron chi connectivity index (χ4n) is 4.40. The van der Waals surface area contributed by atoms with E-state index in [2.05, 4.69) is 11.8 Å². The van der Waals surface area contributed by atoms with Gasteiger partial charge in [-0.25, -0.2) is 13.8 Å². The van der Waals surface area contributed by atoms with Crippen molar-refractivity contribution >= 4 is 11.9 Å². The first kappa shape index (κ1) is 22.3. The molecule has 3 heterocycles. The highest BCUT2D eigenvalue weighted by Crippen LogP contribution is 2.33. The minimum atomic E-state index is -0.404. The zero-order chi connectivity index (χ0) is 23.7. The number of carbonyl (C=O) groups excluding carboxylic acids is 1. The van der Waals surface area contributed by atoms with Crippen molar-refractivity contribution < 1.29 is 18.3 Å². The lowest BCUT2D eigenvalue weighted by atomic mass is 9.99. The third-order valence-electron chi connectivity index (χ3n) is 6.47. The van der Waals surface area contributed by atoms with E-state index in [4.69, 9.17) is 14.7 Å². The number of carbonyl (C=O) groups is 1. The van der Waals surface area contributed by atoms with Crippen molar-refractivity contribution in [2.75, 3.05) is 24.5 Å². The number of rotatable bonds is 4. The van der Waals surface area contributed by atoms with Gasteiger partial charge in [-0.15, -0.1) is 0 Å². The fraction of sp³-hybridized carbons (Fsp3) is 0.346. The molecule has 2 aliphatic heterocycles. The molecule has 6 nitrogen and oxygen atoms in total. The van der Waals surface area contributed by atoms with Crippen LogP contribution in [0.4, 0.5) is 14.7 Å². The number of hydrogen-bond donors (Lipinski definition) is 0. The molecular weight excluding hydrogens is 438 g/mol. The summed E-state index contributed by atoms with van der Waals surface area (Å²) >= 11 is 0. The van der Waals surface area contributed by atoms with Crippen LogP contribution >= 0.6 is 0 Å². The van der Waals surface area contributed by atoms with Crippen LogP contribution < -0.4 is 9.64 Å². The molecule has 176 valence electrons. The molecule has 0 bridgehead atoms. The smallest absolute Gasteiger partial charge is 0.254 e. The predicted molar refractivity (Wildman–Crippen MR) is 124 cm³/mol. The van der Waals surface area contributed by atoms with E-state index >= 15 is 0 Å².